The van der Waals surface area contributed by atoms with Gasteiger partial charge in [-0.25, -0.2) is 0 Å². The summed E-state index contributed by atoms with van der Waals surface area (Å²) in [5.41, 5.74) is 0. The van der Waals surface area contributed by atoms with Gasteiger partial charge in [-0.05, 0) is 12.8 Å². The summed E-state index contributed by atoms with van der Waals surface area (Å²) in [5, 5.41) is 0. The fraction of sp³-hybridized carbons (Fsp3) is 0.615. The second-order valence-corrected chi connectivity index (χ2v) is 4.16. The number of nitrogens with zero attached hydrogens (tertiary/aromatic N) is 1. The Bertz CT molecular complexity index is 219. The first-order valence-electron chi connectivity index (χ1n) is 5.80. The maximum atomic E-state index is 12.1. The summed E-state index contributed by atoms with van der Waals surface area (Å²) in [6.45, 7) is 8.64. The molecule has 2 heteroatoms. The SMILES string of the molecule is C=CCN(CC=C)C(=O)C1CCCCC1. The van der Waals surface area contributed by atoms with E-state index in [1.54, 1.807) is 12.2 Å². The van der Waals surface area contributed by atoms with E-state index in [0.29, 0.717) is 13.1 Å². The van der Waals surface area contributed by atoms with Gasteiger partial charge in [0.15, 0.2) is 0 Å². The maximum Gasteiger partial charge on any atom is 0.226 e. The molecule has 0 unspecified atom stereocenters. The van der Waals surface area contributed by atoms with Gasteiger partial charge in [0.05, 0.1) is 0 Å². The van der Waals surface area contributed by atoms with E-state index in [2.05, 4.69) is 13.2 Å². The van der Waals surface area contributed by atoms with Gasteiger partial charge in [-0.15, -0.1) is 13.2 Å². The minimum atomic E-state index is 0.249. The van der Waals surface area contributed by atoms with Gasteiger partial charge in [-0.3, -0.25) is 4.79 Å². The highest BCUT2D eigenvalue weighted by Crippen LogP contribution is 2.25. The summed E-state index contributed by atoms with van der Waals surface area (Å²) in [7, 11) is 0. The van der Waals surface area contributed by atoms with E-state index >= 15 is 0 Å². The Balaban J connectivity index is 2.52. The van der Waals surface area contributed by atoms with Gasteiger partial charge in [0.2, 0.25) is 5.91 Å². The number of carbonyl (C=O) groups is 1. The van der Waals surface area contributed by atoms with E-state index in [1.165, 1.54) is 19.3 Å². The van der Waals surface area contributed by atoms with Crippen LogP contribution in [0.1, 0.15) is 32.1 Å². The molecule has 1 rings (SSSR count). The number of hydrogen-bond donors (Lipinski definition) is 0. The summed E-state index contributed by atoms with van der Waals surface area (Å²) in [6, 6.07) is 0. The molecule has 0 atom stereocenters. The van der Waals surface area contributed by atoms with Crippen LogP contribution in [0.4, 0.5) is 0 Å². The highest BCUT2D eigenvalue weighted by atomic mass is 16.2. The standard InChI is InChI=1S/C13H21NO/c1-3-10-14(11-4-2)13(15)12-8-6-5-7-9-12/h3-4,12H,1-2,5-11H2. The van der Waals surface area contributed by atoms with Crippen molar-refractivity contribution in [3.63, 3.8) is 0 Å². The number of rotatable bonds is 5. The van der Waals surface area contributed by atoms with Crippen molar-refractivity contribution in [2.24, 2.45) is 5.92 Å². The van der Waals surface area contributed by atoms with Gasteiger partial charge in [0, 0.05) is 19.0 Å². The van der Waals surface area contributed by atoms with E-state index in [9.17, 15) is 4.79 Å². The van der Waals surface area contributed by atoms with Crippen LogP contribution >= 0.6 is 0 Å². The second kappa shape index (κ2) is 6.44. The zero-order valence-electron chi connectivity index (χ0n) is 9.45. The molecule has 0 saturated heterocycles. The van der Waals surface area contributed by atoms with Gasteiger partial charge >= 0.3 is 0 Å². The van der Waals surface area contributed by atoms with Crippen LogP contribution in [-0.2, 0) is 4.79 Å². The zero-order valence-corrected chi connectivity index (χ0v) is 9.45. The van der Waals surface area contributed by atoms with Crippen LogP contribution in [-0.4, -0.2) is 23.9 Å². The number of carbonyl (C=O) groups excluding carboxylic acids is 1. The normalized spacial score (nSPS) is 17.1. The van der Waals surface area contributed by atoms with Gasteiger partial charge in [-0.1, -0.05) is 31.4 Å². The Labute approximate surface area is 92.7 Å². The van der Waals surface area contributed by atoms with Crippen LogP contribution in [0.25, 0.3) is 0 Å². The summed E-state index contributed by atoms with van der Waals surface area (Å²) >= 11 is 0. The van der Waals surface area contributed by atoms with Crippen LogP contribution in [0.3, 0.4) is 0 Å². The molecule has 0 bridgehead atoms. The number of amides is 1. The van der Waals surface area contributed by atoms with Crippen LogP contribution in [0.15, 0.2) is 25.3 Å². The lowest BCUT2D eigenvalue weighted by Crippen LogP contribution is -2.37. The van der Waals surface area contributed by atoms with E-state index in [0.717, 1.165) is 12.8 Å². The first-order chi connectivity index (χ1) is 7.29. The monoisotopic (exact) mass is 207 g/mol. The third-order valence-corrected chi connectivity index (χ3v) is 2.97. The van der Waals surface area contributed by atoms with Crippen molar-refractivity contribution in [1.29, 1.82) is 0 Å². The van der Waals surface area contributed by atoms with Crippen molar-refractivity contribution >= 4 is 5.91 Å². The highest BCUT2D eigenvalue weighted by Gasteiger charge is 2.24. The van der Waals surface area contributed by atoms with Gasteiger partial charge in [0.25, 0.3) is 0 Å². The van der Waals surface area contributed by atoms with E-state index in [4.69, 9.17) is 0 Å². The lowest BCUT2D eigenvalue weighted by Gasteiger charge is -2.27. The molecular weight excluding hydrogens is 186 g/mol. The average Bonchev–Trinajstić information content (AvgIpc) is 2.29. The first kappa shape index (κ1) is 12.0. The van der Waals surface area contributed by atoms with Crippen molar-refractivity contribution in [2.45, 2.75) is 32.1 Å². The summed E-state index contributed by atoms with van der Waals surface area (Å²) in [4.78, 5) is 14.0. The predicted octanol–water partition coefficient (Wildman–Crippen LogP) is 2.77. The van der Waals surface area contributed by atoms with E-state index in [1.807, 2.05) is 4.90 Å². The molecule has 1 aliphatic rings. The molecule has 0 aromatic rings. The largest absolute Gasteiger partial charge is 0.335 e. The Morgan fingerprint density at radius 2 is 1.67 bits per heavy atom. The summed E-state index contributed by atoms with van der Waals surface area (Å²) in [5.74, 6) is 0.535. The van der Waals surface area contributed by atoms with Crippen molar-refractivity contribution in [2.75, 3.05) is 13.1 Å². The summed E-state index contributed by atoms with van der Waals surface area (Å²) < 4.78 is 0. The van der Waals surface area contributed by atoms with Crippen molar-refractivity contribution in [3.05, 3.63) is 25.3 Å². The zero-order chi connectivity index (χ0) is 11.1. The Morgan fingerprint density at radius 3 is 2.13 bits per heavy atom. The quantitative estimate of drug-likeness (QED) is 0.635. The third-order valence-electron chi connectivity index (χ3n) is 2.97. The number of hydrogen-bond acceptors (Lipinski definition) is 1. The molecule has 1 saturated carbocycles. The van der Waals surface area contributed by atoms with Gasteiger partial charge in [-0.2, -0.15) is 0 Å². The van der Waals surface area contributed by atoms with Crippen LogP contribution in [0, 0.1) is 5.92 Å². The van der Waals surface area contributed by atoms with Crippen molar-refractivity contribution in [3.8, 4) is 0 Å². The molecule has 1 fully saturated rings. The maximum absolute atomic E-state index is 12.1. The molecule has 84 valence electrons. The molecular formula is C13H21NO. The van der Waals surface area contributed by atoms with Gasteiger partial charge < -0.3 is 4.90 Å². The topological polar surface area (TPSA) is 20.3 Å². The molecule has 0 aromatic heterocycles. The smallest absolute Gasteiger partial charge is 0.226 e. The second-order valence-electron chi connectivity index (χ2n) is 4.16. The highest BCUT2D eigenvalue weighted by molar-refractivity contribution is 5.79. The average molecular weight is 207 g/mol. The molecule has 0 radical (unpaired) electrons. The van der Waals surface area contributed by atoms with Crippen LogP contribution in [0.2, 0.25) is 0 Å². The van der Waals surface area contributed by atoms with Crippen molar-refractivity contribution < 1.29 is 4.79 Å². The lowest BCUT2D eigenvalue weighted by molar-refractivity contribution is -0.135. The Kier molecular flexibility index (Phi) is 5.16. The fourth-order valence-corrected chi connectivity index (χ4v) is 2.17. The molecule has 15 heavy (non-hydrogen) atoms. The van der Waals surface area contributed by atoms with Crippen LogP contribution in [0.5, 0.6) is 0 Å². The Morgan fingerprint density at radius 1 is 1.13 bits per heavy atom. The van der Waals surface area contributed by atoms with E-state index in [-0.39, 0.29) is 11.8 Å². The molecule has 2 nitrogen and oxygen atoms in total. The first-order valence-corrected chi connectivity index (χ1v) is 5.80. The molecule has 0 spiro atoms. The minimum Gasteiger partial charge on any atom is -0.335 e. The lowest BCUT2D eigenvalue weighted by atomic mass is 9.88. The molecule has 0 aromatic carbocycles. The predicted molar refractivity (Wildman–Crippen MR) is 63.5 cm³/mol. The van der Waals surface area contributed by atoms with Crippen LogP contribution < -0.4 is 0 Å². The van der Waals surface area contributed by atoms with Crippen molar-refractivity contribution in [1.82, 2.24) is 4.90 Å². The third kappa shape index (κ3) is 3.54. The van der Waals surface area contributed by atoms with E-state index < -0.39 is 0 Å². The van der Waals surface area contributed by atoms with Gasteiger partial charge in [0.1, 0.15) is 0 Å². The minimum absolute atomic E-state index is 0.249. The molecule has 0 heterocycles. The fourth-order valence-electron chi connectivity index (χ4n) is 2.17. The molecule has 0 aliphatic heterocycles. The molecule has 0 N–H and O–H groups in total. The summed E-state index contributed by atoms with van der Waals surface area (Å²) in [6.07, 6.45) is 9.37. The molecule has 1 aliphatic carbocycles. The molecule has 1 amide bonds. The Hall–Kier alpha value is -1.05.